The van der Waals surface area contributed by atoms with Crippen molar-refractivity contribution in [1.29, 1.82) is 0 Å². The molecule has 0 aliphatic carbocycles. The van der Waals surface area contributed by atoms with Crippen molar-refractivity contribution in [2.75, 3.05) is 19.6 Å². The van der Waals surface area contributed by atoms with Gasteiger partial charge in [0, 0.05) is 29.6 Å². The van der Waals surface area contributed by atoms with Gasteiger partial charge < -0.3 is 10.6 Å². The van der Waals surface area contributed by atoms with Crippen LogP contribution in [0, 0.1) is 0 Å². The third kappa shape index (κ3) is 7.91. The molecule has 2 aromatic carbocycles. The number of aryl methyl sites for hydroxylation is 1. The van der Waals surface area contributed by atoms with Gasteiger partial charge in [-0.1, -0.05) is 59.6 Å². The van der Waals surface area contributed by atoms with Crippen LogP contribution in [0.5, 0.6) is 0 Å². The van der Waals surface area contributed by atoms with Crippen molar-refractivity contribution in [3.63, 3.8) is 0 Å². The topological polar surface area (TPSA) is 41.1 Å². The minimum Gasteiger partial charge on any atom is -0.356 e. The molecule has 2 N–H and O–H groups in total. The summed E-state index contributed by atoms with van der Waals surface area (Å²) in [4.78, 5) is 11.8. The molecule has 0 radical (unpaired) electrons. The van der Waals surface area contributed by atoms with Crippen molar-refractivity contribution >= 4 is 29.1 Å². The van der Waals surface area contributed by atoms with E-state index in [1.54, 1.807) is 6.07 Å². The second-order valence-electron chi connectivity index (χ2n) is 5.92. The number of hydrogen-bond donors (Lipinski definition) is 2. The molecule has 0 spiro atoms. The Kier molecular flexibility index (Phi) is 8.81. The highest BCUT2D eigenvalue weighted by molar-refractivity contribution is 6.35. The molecule has 0 bridgehead atoms. The molecule has 25 heavy (non-hydrogen) atoms. The number of halogens is 2. The van der Waals surface area contributed by atoms with Gasteiger partial charge in [-0.25, -0.2) is 0 Å². The molecule has 2 rings (SSSR count). The molecule has 0 saturated carbocycles. The number of carbonyl (C=O) groups excluding carboxylic acids is 1. The first kappa shape index (κ1) is 19.8. The van der Waals surface area contributed by atoms with Gasteiger partial charge >= 0.3 is 0 Å². The third-order valence-corrected chi connectivity index (χ3v) is 4.51. The van der Waals surface area contributed by atoms with E-state index in [4.69, 9.17) is 23.2 Å². The standard InChI is InChI=1S/C20H24Cl2N2O/c21-18-9-8-17(19(22)15-18)10-13-23-14-11-20(25)24-12-4-7-16-5-2-1-3-6-16/h1-3,5-6,8-9,15,23H,4,7,10-14H2,(H,24,25). The first-order valence-corrected chi connectivity index (χ1v) is 9.36. The summed E-state index contributed by atoms with van der Waals surface area (Å²) in [6.07, 6.45) is 3.24. The Balaban J connectivity index is 1.50. The summed E-state index contributed by atoms with van der Waals surface area (Å²) < 4.78 is 0. The quantitative estimate of drug-likeness (QED) is 0.606. The zero-order valence-electron chi connectivity index (χ0n) is 14.2. The van der Waals surface area contributed by atoms with Gasteiger partial charge in [0.05, 0.1) is 0 Å². The minimum absolute atomic E-state index is 0.0880. The van der Waals surface area contributed by atoms with Crippen LogP contribution in [-0.4, -0.2) is 25.5 Å². The number of carbonyl (C=O) groups is 1. The van der Waals surface area contributed by atoms with Crippen LogP contribution in [0.15, 0.2) is 48.5 Å². The van der Waals surface area contributed by atoms with Gasteiger partial charge in [-0.15, -0.1) is 0 Å². The molecule has 2 aromatic rings. The van der Waals surface area contributed by atoms with Gasteiger partial charge in [-0.3, -0.25) is 4.79 Å². The van der Waals surface area contributed by atoms with Crippen LogP contribution < -0.4 is 10.6 Å². The monoisotopic (exact) mass is 378 g/mol. The van der Waals surface area contributed by atoms with Crippen LogP contribution in [0.25, 0.3) is 0 Å². The first-order chi connectivity index (χ1) is 12.1. The molecule has 0 aliphatic heterocycles. The number of amides is 1. The Hall–Kier alpha value is -1.55. The van der Waals surface area contributed by atoms with Crippen molar-refractivity contribution in [3.8, 4) is 0 Å². The zero-order valence-corrected chi connectivity index (χ0v) is 15.7. The predicted molar refractivity (Wildman–Crippen MR) is 105 cm³/mol. The summed E-state index contributed by atoms with van der Waals surface area (Å²) >= 11 is 12.0. The van der Waals surface area contributed by atoms with Gasteiger partial charge in [0.2, 0.25) is 5.91 Å². The van der Waals surface area contributed by atoms with E-state index in [0.717, 1.165) is 31.4 Å². The molecule has 3 nitrogen and oxygen atoms in total. The lowest BCUT2D eigenvalue weighted by molar-refractivity contribution is -0.120. The average Bonchev–Trinajstić information content (AvgIpc) is 2.61. The highest BCUT2D eigenvalue weighted by atomic mass is 35.5. The second kappa shape index (κ2) is 11.1. The lowest BCUT2D eigenvalue weighted by atomic mass is 10.1. The largest absolute Gasteiger partial charge is 0.356 e. The molecule has 0 aromatic heterocycles. The summed E-state index contributed by atoms with van der Waals surface area (Å²) in [5, 5.41) is 7.56. The van der Waals surface area contributed by atoms with Gasteiger partial charge in [-0.05, 0) is 49.1 Å². The number of rotatable bonds is 10. The van der Waals surface area contributed by atoms with E-state index in [-0.39, 0.29) is 5.91 Å². The summed E-state index contributed by atoms with van der Waals surface area (Å²) in [6, 6.07) is 15.8. The van der Waals surface area contributed by atoms with Crippen LogP contribution in [0.1, 0.15) is 24.0 Å². The molecule has 5 heteroatoms. The normalized spacial score (nSPS) is 10.6. The molecular weight excluding hydrogens is 355 g/mol. The Morgan fingerprint density at radius 2 is 1.72 bits per heavy atom. The smallest absolute Gasteiger partial charge is 0.221 e. The number of hydrogen-bond acceptors (Lipinski definition) is 2. The van der Waals surface area contributed by atoms with Gasteiger partial charge in [-0.2, -0.15) is 0 Å². The second-order valence-corrected chi connectivity index (χ2v) is 6.77. The van der Waals surface area contributed by atoms with E-state index >= 15 is 0 Å². The zero-order chi connectivity index (χ0) is 17.9. The van der Waals surface area contributed by atoms with E-state index in [0.29, 0.717) is 29.6 Å². The predicted octanol–water partition coefficient (Wildman–Crippen LogP) is 4.26. The molecule has 0 heterocycles. The van der Waals surface area contributed by atoms with Crippen molar-refractivity contribution in [2.24, 2.45) is 0 Å². The Labute approximate surface area is 159 Å². The molecular formula is C20H24Cl2N2O. The lowest BCUT2D eigenvalue weighted by Gasteiger charge is -2.08. The molecule has 0 aliphatic rings. The molecule has 1 amide bonds. The van der Waals surface area contributed by atoms with Crippen LogP contribution in [0.4, 0.5) is 0 Å². The Bertz CT molecular complexity index is 662. The van der Waals surface area contributed by atoms with E-state index in [1.165, 1.54) is 5.56 Å². The fourth-order valence-electron chi connectivity index (χ4n) is 2.53. The fraction of sp³-hybridized carbons (Fsp3) is 0.350. The van der Waals surface area contributed by atoms with Gasteiger partial charge in [0.1, 0.15) is 0 Å². The van der Waals surface area contributed by atoms with Gasteiger partial charge in [0.25, 0.3) is 0 Å². The molecule has 0 saturated heterocycles. The summed E-state index contributed by atoms with van der Waals surface area (Å²) in [6.45, 7) is 2.16. The molecule has 0 unspecified atom stereocenters. The first-order valence-electron chi connectivity index (χ1n) is 8.60. The average molecular weight is 379 g/mol. The van der Waals surface area contributed by atoms with E-state index in [9.17, 15) is 4.79 Å². The molecule has 0 fully saturated rings. The highest BCUT2D eigenvalue weighted by Crippen LogP contribution is 2.20. The number of nitrogens with one attached hydrogen (secondary N) is 2. The maximum atomic E-state index is 11.8. The Morgan fingerprint density at radius 1 is 0.920 bits per heavy atom. The number of benzene rings is 2. The van der Waals surface area contributed by atoms with Crippen molar-refractivity contribution in [1.82, 2.24) is 10.6 Å². The van der Waals surface area contributed by atoms with Gasteiger partial charge in [0.15, 0.2) is 0 Å². The minimum atomic E-state index is 0.0880. The molecule has 134 valence electrons. The summed E-state index contributed by atoms with van der Waals surface area (Å²) in [5.41, 5.74) is 2.36. The van der Waals surface area contributed by atoms with Crippen molar-refractivity contribution in [3.05, 3.63) is 69.7 Å². The summed E-state index contributed by atoms with van der Waals surface area (Å²) in [5.74, 6) is 0.0880. The maximum absolute atomic E-state index is 11.8. The van der Waals surface area contributed by atoms with Crippen molar-refractivity contribution in [2.45, 2.75) is 25.7 Å². The highest BCUT2D eigenvalue weighted by Gasteiger charge is 2.03. The lowest BCUT2D eigenvalue weighted by Crippen LogP contribution is -2.29. The maximum Gasteiger partial charge on any atom is 0.221 e. The summed E-state index contributed by atoms with van der Waals surface area (Å²) in [7, 11) is 0. The molecule has 0 atom stereocenters. The van der Waals surface area contributed by atoms with E-state index in [1.807, 2.05) is 30.3 Å². The third-order valence-electron chi connectivity index (χ3n) is 3.92. The van der Waals surface area contributed by atoms with Crippen LogP contribution in [0.3, 0.4) is 0 Å². The Morgan fingerprint density at radius 3 is 2.48 bits per heavy atom. The van der Waals surface area contributed by atoms with E-state index < -0.39 is 0 Å². The van der Waals surface area contributed by atoms with E-state index in [2.05, 4.69) is 22.8 Å². The van der Waals surface area contributed by atoms with Crippen LogP contribution in [-0.2, 0) is 17.6 Å². The SMILES string of the molecule is O=C(CCNCCc1ccc(Cl)cc1Cl)NCCCc1ccccc1. The van der Waals surface area contributed by atoms with Crippen LogP contribution in [0.2, 0.25) is 10.0 Å². The van der Waals surface area contributed by atoms with Crippen LogP contribution >= 0.6 is 23.2 Å². The van der Waals surface area contributed by atoms with Crippen molar-refractivity contribution < 1.29 is 4.79 Å². The fourth-order valence-corrected chi connectivity index (χ4v) is 3.03.